The molecule has 0 fully saturated rings. The Morgan fingerprint density at radius 1 is 0.714 bits per heavy atom. The molecule has 2 N–H and O–H groups in total. The van der Waals surface area contributed by atoms with Crippen LogP contribution in [-0.4, -0.2) is 48.6 Å². The summed E-state index contributed by atoms with van der Waals surface area (Å²) in [6.07, 6.45) is 7.35. The summed E-state index contributed by atoms with van der Waals surface area (Å²) in [5.74, 6) is -0.612. The molecule has 0 rings (SSSR count). The summed E-state index contributed by atoms with van der Waals surface area (Å²) in [5, 5.41) is 16.9. The van der Waals surface area contributed by atoms with E-state index in [0.29, 0.717) is 24.4 Å². The number of hydrogen-bond acceptors (Lipinski definition) is 6. The maximum atomic E-state index is 11.1. The lowest BCUT2D eigenvalue weighted by atomic mass is 9.97. The van der Waals surface area contributed by atoms with Gasteiger partial charge in [-0.3, -0.25) is 0 Å². The Balaban J connectivity index is 0. The molecule has 0 atom stereocenters. The molecule has 0 aromatic carbocycles. The lowest BCUT2D eigenvalue weighted by Gasteiger charge is -2.16. The number of carbonyl (C=O) groups is 2. The fourth-order valence-corrected chi connectivity index (χ4v) is 1.71. The average Bonchev–Trinajstić information content (AvgIpc) is 2.65. The van der Waals surface area contributed by atoms with Crippen LogP contribution in [0, 0.1) is 5.41 Å². The molecule has 0 radical (unpaired) electrons. The van der Waals surface area contributed by atoms with E-state index in [2.05, 4.69) is 13.2 Å². The van der Waals surface area contributed by atoms with Crippen molar-refractivity contribution in [1.29, 1.82) is 0 Å². The van der Waals surface area contributed by atoms with Gasteiger partial charge in [-0.2, -0.15) is 0 Å². The third-order valence-corrected chi connectivity index (χ3v) is 3.81. The van der Waals surface area contributed by atoms with Gasteiger partial charge in [0, 0.05) is 16.6 Å². The molecular weight excluding hydrogens is 360 g/mol. The summed E-state index contributed by atoms with van der Waals surface area (Å²) < 4.78 is 10.0. The van der Waals surface area contributed by atoms with Crippen LogP contribution in [0.2, 0.25) is 0 Å². The second-order valence-electron chi connectivity index (χ2n) is 7.79. The fourth-order valence-electron chi connectivity index (χ4n) is 1.71. The molecule has 164 valence electrons. The zero-order valence-electron chi connectivity index (χ0n) is 18.2. The molecule has 0 saturated heterocycles. The van der Waals surface area contributed by atoms with Crippen LogP contribution in [0.5, 0.6) is 0 Å². The van der Waals surface area contributed by atoms with Crippen LogP contribution < -0.4 is 0 Å². The monoisotopic (exact) mass is 400 g/mol. The summed E-state index contributed by atoms with van der Waals surface area (Å²) in [5.41, 5.74) is 0.588. The predicted octanol–water partition coefficient (Wildman–Crippen LogP) is 3.95. The number of aliphatic hydroxyl groups excluding tert-OH is 2. The molecule has 6 nitrogen and oxygen atoms in total. The van der Waals surface area contributed by atoms with Crippen LogP contribution >= 0.6 is 0 Å². The number of esters is 2. The van der Waals surface area contributed by atoms with E-state index in [-0.39, 0.29) is 30.6 Å². The van der Waals surface area contributed by atoms with E-state index < -0.39 is 0 Å². The third kappa shape index (κ3) is 19.1. The van der Waals surface area contributed by atoms with Crippen LogP contribution in [0.3, 0.4) is 0 Å². The van der Waals surface area contributed by atoms with Crippen molar-refractivity contribution in [3.8, 4) is 0 Å². The van der Waals surface area contributed by atoms with Gasteiger partial charge in [0.15, 0.2) is 0 Å². The van der Waals surface area contributed by atoms with Gasteiger partial charge in [-0.05, 0) is 26.7 Å². The number of aliphatic hydroxyl groups is 2. The molecule has 0 amide bonds. The largest absolute Gasteiger partial charge is 0.462 e. The third-order valence-electron chi connectivity index (χ3n) is 3.81. The Morgan fingerprint density at radius 2 is 1.00 bits per heavy atom. The zero-order chi connectivity index (χ0) is 22.0. The standard InChI is InChI=1S/C17H28O4.C5H12O2/c1-14(2)16(18)20-12-10-8-6-5-7-9-11-13-21-17(19)15(3)4;1-5(2,3-6)4-7/h1,3,5-13H2,2,4H3;6-7H,3-4H2,1-2H3. The summed E-state index contributed by atoms with van der Waals surface area (Å²) in [4.78, 5) is 22.2. The lowest BCUT2D eigenvalue weighted by Crippen LogP contribution is -2.20. The summed E-state index contributed by atoms with van der Waals surface area (Å²) >= 11 is 0. The van der Waals surface area contributed by atoms with E-state index in [1.165, 1.54) is 0 Å². The van der Waals surface area contributed by atoms with Crippen LogP contribution in [-0.2, 0) is 19.1 Å². The molecule has 0 spiro atoms. The maximum absolute atomic E-state index is 11.1. The highest BCUT2D eigenvalue weighted by Gasteiger charge is 2.13. The smallest absolute Gasteiger partial charge is 0.333 e. The lowest BCUT2D eigenvalue weighted by molar-refractivity contribution is -0.139. The van der Waals surface area contributed by atoms with Crippen molar-refractivity contribution in [3.05, 3.63) is 24.3 Å². The van der Waals surface area contributed by atoms with E-state index >= 15 is 0 Å². The van der Waals surface area contributed by atoms with E-state index in [1.807, 2.05) is 0 Å². The minimum absolute atomic E-state index is 0.0451. The van der Waals surface area contributed by atoms with Gasteiger partial charge in [-0.1, -0.05) is 59.1 Å². The predicted molar refractivity (Wildman–Crippen MR) is 112 cm³/mol. The minimum atomic E-state index is -0.306. The minimum Gasteiger partial charge on any atom is -0.462 e. The van der Waals surface area contributed by atoms with Gasteiger partial charge in [0.2, 0.25) is 0 Å². The Hall–Kier alpha value is -1.66. The van der Waals surface area contributed by atoms with E-state index in [4.69, 9.17) is 19.7 Å². The first kappa shape index (κ1) is 28.5. The number of unbranched alkanes of at least 4 members (excludes halogenated alkanes) is 6. The average molecular weight is 401 g/mol. The van der Waals surface area contributed by atoms with Crippen molar-refractivity contribution in [2.75, 3.05) is 26.4 Å². The van der Waals surface area contributed by atoms with Crippen molar-refractivity contribution < 1.29 is 29.3 Å². The van der Waals surface area contributed by atoms with E-state index in [1.54, 1.807) is 27.7 Å². The number of rotatable bonds is 14. The second kappa shape index (κ2) is 17.4. The molecule has 0 aromatic heterocycles. The van der Waals surface area contributed by atoms with Crippen molar-refractivity contribution in [1.82, 2.24) is 0 Å². The highest BCUT2D eigenvalue weighted by molar-refractivity contribution is 5.87. The Morgan fingerprint density at radius 3 is 1.21 bits per heavy atom. The van der Waals surface area contributed by atoms with Crippen molar-refractivity contribution in [2.24, 2.45) is 5.41 Å². The van der Waals surface area contributed by atoms with Gasteiger partial charge in [0.05, 0.1) is 26.4 Å². The van der Waals surface area contributed by atoms with E-state index in [0.717, 1.165) is 44.9 Å². The SMILES string of the molecule is C=C(C)C(=O)OCCCCCCCCCOC(=O)C(=C)C.CC(C)(CO)CO. The van der Waals surface area contributed by atoms with E-state index in [9.17, 15) is 9.59 Å². The highest BCUT2D eigenvalue weighted by Crippen LogP contribution is 2.10. The van der Waals surface area contributed by atoms with Crippen LogP contribution in [0.1, 0.15) is 72.6 Å². The van der Waals surface area contributed by atoms with Crippen molar-refractivity contribution in [3.63, 3.8) is 0 Å². The molecule has 0 aliphatic heterocycles. The van der Waals surface area contributed by atoms with Crippen LogP contribution in [0.4, 0.5) is 0 Å². The summed E-state index contributed by atoms with van der Waals surface area (Å²) in [7, 11) is 0. The first-order valence-corrected chi connectivity index (χ1v) is 9.94. The van der Waals surface area contributed by atoms with Gasteiger partial charge >= 0.3 is 11.9 Å². The summed E-state index contributed by atoms with van der Waals surface area (Å²) in [6.45, 7) is 15.0. The number of ether oxygens (including phenoxy) is 2. The summed E-state index contributed by atoms with van der Waals surface area (Å²) in [6, 6.07) is 0. The zero-order valence-corrected chi connectivity index (χ0v) is 18.2. The molecule has 0 unspecified atom stereocenters. The first-order valence-electron chi connectivity index (χ1n) is 9.94. The van der Waals surface area contributed by atoms with Gasteiger partial charge in [0.1, 0.15) is 0 Å². The Bertz CT molecular complexity index is 428. The first-order chi connectivity index (χ1) is 13.1. The second-order valence-corrected chi connectivity index (χ2v) is 7.79. The molecule has 0 bridgehead atoms. The molecular formula is C22H40O6. The number of hydrogen-bond donors (Lipinski definition) is 2. The van der Waals surface area contributed by atoms with Gasteiger partial charge in [0.25, 0.3) is 0 Å². The fraction of sp³-hybridized carbons (Fsp3) is 0.727. The van der Waals surface area contributed by atoms with Gasteiger partial charge in [-0.15, -0.1) is 0 Å². The van der Waals surface area contributed by atoms with Gasteiger partial charge < -0.3 is 19.7 Å². The molecule has 6 heteroatoms. The van der Waals surface area contributed by atoms with Crippen LogP contribution in [0.15, 0.2) is 24.3 Å². The van der Waals surface area contributed by atoms with Crippen molar-refractivity contribution in [2.45, 2.75) is 72.6 Å². The Kier molecular flexibility index (Phi) is 17.8. The maximum Gasteiger partial charge on any atom is 0.333 e. The van der Waals surface area contributed by atoms with Crippen LogP contribution in [0.25, 0.3) is 0 Å². The van der Waals surface area contributed by atoms with Gasteiger partial charge in [-0.25, -0.2) is 9.59 Å². The Labute approximate surface area is 170 Å². The molecule has 28 heavy (non-hydrogen) atoms. The molecule has 0 heterocycles. The molecule has 0 aliphatic rings. The normalized spacial score (nSPS) is 10.5. The number of carbonyl (C=O) groups excluding carboxylic acids is 2. The molecule has 0 aromatic rings. The molecule has 0 saturated carbocycles. The topological polar surface area (TPSA) is 93.1 Å². The van der Waals surface area contributed by atoms with Crippen molar-refractivity contribution >= 4 is 11.9 Å². The quantitative estimate of drug-likeness (QED) is 0.260. The highest BCUT2D eigenvalue weighted by atomic mass is 16.5. The molecule has 0 aliphatic carbocycles.